The minimum Gasteiger partial charge on any atom is -0.507 e. The van der Waals surface area contributed by atoms with Crippen molar-refractivity contribution in [2.24, 2.45) is 0 Å². The molecule has 2 aliphatic heterocycles. The van der Waals surface area contributed by atoms with Gasteiger partial charge in [0, 0.05) is 49.1 Å². The highest BCUT2D eigenvalue weighted by Gasteiger charge is 2.50. The van der Waals surface area contributed by atoms with Crippen LogP contribution in [-0.2, 0) is 34.9 Å². The Morgan fingerprint density at radius 2 is 1.84 bits per heavy atom. The molecule has 0 aromatic heterocycles. The highest BCUT2D eigenvalue weighted by Crippen LogP contribution is 2.52. The van der Waals surface area contributed by atoms with Crippen LogP contribution in [0.2, 0.25) is 0 Å². The van der Waals surface area contributed by atoms with Crippen molar-refractivity contribution in [3.8, 4) is 17.2 Å². The zero-order chi connectivity index (χ0) is 35.2. The Kier molecular flexibility index (Phi) is 10.4. The molecule has 266 valence electrons. The van der Waals surface area contributed by atoms with Gasteiger partial charge in [-0.25, -0.2) is 0 Å². The number of phenols is 2. The van der Waals surface area contributed by atoms with Crippen LogP contribution in [0.5, 0.6) is 17.2 Å². The number of thiol groups is 1. The number of phenolic OH excluding ortho intramolecular Hbond substituents is 2. The molecule has 0 saturated carbocycles. The van der Waals surface area contributed by atoms with Crippen molar-refractivity contribution in [3.05, 3.63) is 51.6 Å². The van der Waals surface area contributed by atoms with Crippen molar-refractivity contribution in [2.75, 3.05) is 33.2 Å². The summed E-state index contributed by atoms with van der Waals surface area (Å²) in [6.07, 6.45) is -3.83. The Morgan fingerprint density at radius 3 is 2.51 bits per heavy atom. The Hall–Kier alpha value is -3.12. The Morgan fingerprint density at radius 1 is 1.08 bits per heavy atom. The van der Waals surface area contributed by atoms with Gasteiger partial charge in [0.15, 0.2) is 30.4 Å². The van der Waals surface area contributed by atoms with Crippen LogP contribution in [0.4, 0.5) is 0 Å². The number of fused-ring (bicyclic) bond motifs is 3. The number of hydrogen-bond acceptors (Lipinski definition) is 15. The number of Topliss-reactive ketones (excluding diaryl/α,β-unsaturated/α-hetero) is 1. The first-order chi connectivity index (χ1) is 23.5. The van der Waals surface area contributed by atoms with E-state index in [0.717, 1.165) is 6.42 Å². The van der Waals surface area contributed by atoms with Gasteiger partial charge in [-0.3, -0.25) is 19.7 Å². The molecule has 5 N–H and O–H groups in total. The number of nitrogens with one attached hydrogen (secondary N) is 1. The number of carbonyl (C=O) groups excluding carboxylic acids is 3. The monoisotopic (exact) mass is 703 g/mol. The molecule has 2 aliphatic carbocycles. The van der Waals surface area contributed by atoms with E-state index in [1.807, 2.05) is 0 Å². The third kappa shape index (κ3) is 6.36. The molecular weight excluding hydrogens is 662 g/mol. The highest BCUT2D eigenvalue weighted by atomic mass is 32.1. The number of rotatable bonds is 10. The van der Waals surface area contributed by atoms with E-state index in [1.165, 1.54) is 32.4 Å². The van der Waals surface area contributed by atoms with Gasteiger partial charge < -0.3 is 48.8 Å². The fourth-order valence-electron chi connectivity index (χ4n) is 7.25. The SMILES string of the molecule is COc1cccc2c1C(=O)c1c(O)c3c(c(O)c1C2=O)C[C@@](O)(C(=O)CO)C[C@@H]3O[C@H]1CC[C@H](O[C@H]2NC(CCS)CO[C@@H]2OC)[C@H](C)O1. The van der Waals surface area contributed by atoms with E-state index in [-0.39, 0.29) is 40.5 Å². The van der Waals surface area contributed by atoms with Crippen molar-refractivity contribution in [2.45, 2.75) is 87.8 Å². The molecule has 4 aliphatic rings. The first-order valence-corrected chi connectivity index (χ1v) is 16.8. The summed E-state index contributed by atoms with van der Waals surface area (Å²) in [5.41, 5.74) is -3.47. The van der Waals surface area contributed by atoms with Crippen LogP contribution >= 0.6 is 12.6 Å². The summed E-state index contributed by atoms with van der Waals surface area (Å²) in [6.45, 7) is 1.24. The Balaban J connectivity index is 1.30. The van der Waals surface area contributed by atoms with Crippen molar-refractivity contribution >= 4 is 30.0 Å². The summed E-state index contributed by atoms with van der Waals surface area (Å²) in [4.78, 5) is 40.4. The second kappa shape index (κ2) is 14.2. The van der Waals surface area contributed by atoms with Crippen molar-refractivity contribution in [1.82, 2.24) is 5.32 Å². The van der Waals surface area contributed by atoms with Gasteiger partial charge in [-0.15, -0.1) is 0 Å². The van der Waals surface area contributed by atoms with Gasteiger partial charge in [0.25, 0.3) is 0 Å². The third-order valence-electron chi connectivity index (χ3n) is 9.77. The van der Waals surface area contributed by atoms with E-state index in [1.54, 1.807) is 6.92 Å². The standard InChI is InChI=1S/C34H41NO13S/c1-15-19(48-32-33(44-3)45-14-16(35-32)9-10-49)7-8-23(46-15)47-21-12-34(42,22(37)13-36)11-18-25(21)31(41)27-26(29(18)39)28(38)17-5-4-6-20(43-2)24(17)30(27)40/h4-6,15-16,19,21,23,32-33,35-36,39,41-42,49H,7-14H2,1-3H3/t15-,16?,19-,21-,23-,32+,33-,34-/m0/s1. The van der Waals surface area contributed by atoms with Crippen LogP contribution < -0.4 is 10.1 Å². The molecule has 1 unspecified atom stereocenters. The summed E-state index contributed by atoms with van der Waals surface area (Å²) < 4.78 is 35.4. The minimum atomic E-state index is -2.23. The van der Waals surface area contributed by atoms with Crippen LogP contribution in [0.3, 0.4) is 0 Å². The van der Waals surface area contributed by atoms with E-state index in [4.69, 9.17) is 28.4 Å². The zero-order valence-corrected chi connectivity index (χ0v) is 28.2. The molecule has 2 heterocycles. The van der Waals surface area contributed by atoms with E-state index < -0.39 is 102 Å². The maximum Gasteiger partial charge on any atom is 0.202 e. The van der Waals surface area contributed by atoms with Crippen LogP contribution in [0.15, 0.2) is 18.2 Å². The normalized spacial score (nSPS) is 31.1. The molecule has 2 saturated heterocycles. The molecule has 2 fully saturated rings. The first-order valence-electron chi connectivity index (χ1n) is 16.2. The maximum atomic E-state index is 13.9. The van der Waals surface area contributed by atoms with Gasteiger partial charge in [0.1, 0.15) is 29.5 Å². The molecule has 0 spiro atoms. The number of aliphatic hydroxyl groups is 2. The molecular formula is C34H41NO13S. The molecule has 8 atom stereocenters. The fraction of sp³-hybridized carbons (Fsp3) is 0.559. The Bertz CT molecular complexity index is 1630. The van der Waals surface area contributed by atoms with Crippen molar-refractivity contribution < 1.29 is 63.2 Å². The smallest absolute Gasteiger partial charge is 0.202 e. The molecule has 15 heteroatoms. The van der Waals surface area contributed by atoms with E-state index >= 15 is 0 Å². The highest BCUT2D eigenvalue weighted by molar-refractivity contribution is 7.80. The predicted octanol–water partition coefficient (Wildman–Crippen LogP) is 1.70. The molecule has 0 radical (unpaired) electrons. The number of methoxy groups -OCH3 is 2. The number of carbonyl (C=O) groups is 3. The zero-order valence-electron chi connectivity index (χ0n) is 27.3. The molecule has 0 amide bonds. The van der Waals surface area contributed by atoms with E-state index in [2.05, 4.69) is 17.9 Å². The lowest BCUT2D eigenvalue weighted by atomic mass is 9.72. The summed E-state index contributed by atoms with van der Waals surface area (Å²) in [6, 6.07) is 4.45. The maximum absolute atomic E-state index is 13.9. The number of ketones is 3. The lowest BCUT2D eigenvalue weighted by Crippen LogP contribution is -2.58. The lowest BCUT2D eigenvalue weighted by molar-refractivity contribution is -0.285. The summed E-state index contributed by atoms with van der Waals surface area (Å²) in [5, 5.41) is 47.8. The summed E-state index contributed by atoms with van der Waals surface area (Å²) >= 11 is 4.31. The van der Waals surface area contributed by atoms with Gasteiger partial charge >= 0.3 is 0 Å². The van der Waals surface area contributed by atoms with Crippen LogP contribution in [0.25, 0.3) is 0 Å². The number of hydrogen-bond donors (Lipinski definition) is 6. The fourth-order valence-corrected chi connectivity index (χ4v) is 7.56. The van der Waals surface area contributed by atoms with E-state index in [9.17, 15) is 34.8 Å². The van der Waals surface area contributed by atoms with E-state index in [0.29, 0.717) is 18.8 Å². The molecule has 6 rings (SSSR count). The summed E-state index contributed by atoms with van der Waals surface area (Å²) in [5.74, 6) is -2.98. The first kappa shape index (κ1) is 35.7. The number of ether oxygens (including phenoxy) is 6. The van der Waals surface area contributed by atoms with Crippen LogP contribution in [0, 0.1) is 0 Å². The number of morpholine rings is 1. The largest absolute Gasteiger partial charge is 0.507 e. The number of aromatic hydroxyl groups is 2. The number of benzene rings is 2. The predicted molar refractivity (Wildman–Crippen MR) is 173 cm³/mol. The average Bonchev–Trinajstić information content (AvgIpc) is 3.09. The third-order valence-corrected chi connectivity index (χ3v) is 10.0. The van der Waals surface area contributed by atoms with Gasteiger partial charge in [0.05, 0.1) is 48.7 Å². The Labute approximate surface area is 288 Å². The number of aliphatic hydroxyl groups excluding tert-OH is 1. The molecule has 2 aromatic rings. The average molecular weight is 704 g/mol. The van der Waals surface area contributed by atoms with Gasteiger partial charge in [-0.2, -0.15) is 12.6 Å². The molecule has 49 heavy (non-hydrogen) atoms. The topological polar surface area (TPSA) is 200 Å². The summed E-state index contributed by atoms with van der Waals surface area (Å²) in [7, 11) is 2.87. The van der Waals surface area contributed by atoms with Crippen molar-refractivity contribution in [3.63, 3.8) is 0 Å². The minimum absolute atomic E-state index is 0.0307. The van der Waals surface area contributed by atoms with Crippen molar-refractivity contribution in [1.29, 1.82) is 0 Å². The quantitative estimate of drug-likeness (QED) is 0.132. The van der Waals surface area contributed by atoms with Gasteiger partial charge in [0.2, 0.25) is 5.78 Å². The molecule has 2 aromatic carbocycles. The van der Waals surface area contributed by atoms with Crippen LogP contribution in [0.1, 0.15) is 81.7 Å². The van der Waals surface area contributed by atoms with Gasteiger partial charge in [-0.05, 0) is 31.6 Å². The van der Waals surface area contributed by atoms with Crippen LogP contribution in [-0.4, -0.2) is 114 Å². The second-order valence-corrected chi connectivity index (χ2v) is 13.2. The lowest BCUT2D eigenvalue weighted by Gasteiger charge is -2.43. The molecule has 14 nitrogen and oxygen atoms in total. The molecule has 0 bridgehead atoms. The van der Waals surface area contributed by atoms with Gasteiger partial charge in [-0.1, -0.05) is 12.1 Å². The second-order valence-electron chi connectivity index (χ2n) is 12.8.